The molecule has 3 aromatic rings. The Morgan fingerprint density at radius 3 is 2.44 bits per heavy atom. The second kappa shape index (κ2) is 7.52. The Morgan fingerprint density at radius 2 is 1.81 bits per heavy atom. The minimum atomic E-state index is -0.0647. The molecule has 0 aliphatic rings. The van der Waals surface area contributed by atoms with Gasteiger partial charge < -0.3 is 4.98 Å². The van der Waals surface area contributed by atoms with Crippen molar-refractivity contribution in [2.75, 3.05) is 5.75 Å². The topological polar surface area (TPSA) is 80.6 Å². The molecule has 2 aromatic heterocycles. The van der Waals surface area contributed by atoms with Gasteiger partial charge in [-0.05, 0) is 51.8 Å². The Labute approximate surface area is 162 Å². The number of para-hydroxylation sites is 1. The lowest BCUT2D eigenvalue weighted by atomic mass is 10.1. The summed E-state index contributed by atoms with van der Waals surface area (Å²) in [6.45, 7) is 9.05. The lowest BCUT2D eigenvalue weighted by molar-refractivity contribution is 0.101. The zero-order valence-electron chi connectivity index (χ0n) is 16.1. The van der Waals surface area contributed by atoms with Crippen LogP contribution in [-0.2, 0) is 0 Å². The first-order valence-corrected chi connectivity index (χ1v) is 9.64. The van der Waals surface area contributed by atoms with Crippen LogP contribution in [0.15, 0.2) is 29.4 Å². The van der Waals surface area contributed by atoms with Crippen LogP contribution in [0.3, 0.4) is 0 Å². The number of Topliss-reactive ketones (excluding diaryl/α,β-unsaturated/α-hetero) is 2. The number of aryl methyl sites for hydroxylation is 3. The number of rotatable bonds is 6. The van der Waals surface area contributed by atoms with Crippen molar-refractivity contribution in [3.05, 3.63) is 58.2 Å². The lowest BCUT2D eigenvalue weighted by Gasteiger charge is -2.10. The second-order valence-electron chi connectivity index (χ2n) is 6.54. The molecule has 6 nitrogen and oxygen atoms in total. The molecule has 3 rings (SSSR count). The van der Waals surface area contributed by atoms with Gasteiger partial charge in [-0.15, -0.1) is 10.2 Å². The predicted octanol–water partition coefficient (Wildman–Crippen LogP) is 4.01. The van der Waals surface area contributed by atoms with E-state index >= 15 is 0 Å². The number of ketones is 2. The number of hydrogen-bond donors (Lipinski definition) is 1. The third-order valence-electron chi connectivity index (χ3n) is 4.55. The van der Waals surface area contributed by atoms with Gasteiger partial charge in [0.15, 0.2) is 16.7 Å². The molecule has 1 N–H and O–H groups in total. The van der Waals surface area contributed by atoms with Gasteiger partial charge in [-0.1, -0.05) is 30.0 Å². The summed E-state index contributed by atoms with van der Waals surface area (Å²) in [4.78, 5) is 27.6. The largest absolute Gasteiger partial charge is 0.355 e. The number of thioether (sulfide) groups is 1. The van der Waals surface area contributed by atoms with Gasteiger partial charge in [0.25, 0.3) is 0 Å². The molecule has 0 aliphatic heterocycles. The van der Waals surface area contributed by atoms with Crippen LogP contribution >= 0.6 is 11.8 Å². The van der Waals surface area contributed by atoms with E-state index in [-0.39, 0.29) is 17.3 Å². The van der Waals surface area contributed by atoms with Crippen molar-refractivity contribution in [2.24, 2.45) is 0 Å². The van der Waals surface area contributed by atoms with Crippen molar-refractivity contribution in [1.82, 2.24) is 19.7 Å². The summed E-state index contributed by atoms with van der Waals surface area (Å²) in [7, 11) is 0. The van der Waals surface area contributed by atoms with Crippen molar-refractivity contribution >= 4 is 23.3 Å². The molecule has 0 radical (unpaired) electrons. The van der Waals surface area contributed by atoms with Crippen molar-refractivity contribution in [1.29, 1.82) is 0 Å². The van der Waals surface area contributed by atoms with E-state index in [1.54, 1.807) is 6.92 Å². The fourth-order valence-corrected chi connectivity index (χ4v) is 4.15. The molecule has 0 amide bonds. The molecule has 7 heteroatoms. The van der Waals surface area contributed by atoms with E-state index in [9.17, 15) is 9.59 Å². The van der Waals surface area contributed by atoms with E-state index in [1.807, 2.05) is 49.6 Å². The van der Waals surface area contributed by atoms with E-state index in [0.29, 0.717) is 22.0 Å². The van der Waals surface area contributed by atoms with Gasteiger partial charge in [0.2, 0.25) is 0 Å². The summed E-state index contributed by atoms with van der Waals surface area (Å²) in [5.74, 6) is 0.875. The predicted molar refractivity (Wildman–Crippen MR) is 106 cm³/mol. The molecular formula is C20H22N4O2S. The zero-order valence-corrected chi connectivity index (χ0v) is 16.9. The molecule has 0 unspecified atom stereocenters. The number of nitrogens with zero attached hydrogens (tertiary/aromatic N) is 3. The summed E-state index contributed by atoms with van der Waals surface area (Å²) >= 11 is 1.34. The summed E-state index contributed by atoms with van der Waals surface area (Å²) in [6.07, 6.45) is 0. The van der Waals surface area contributed by atoms with Gasteiger partial charge in [-0.25, -0.2) is 0 Å². The van der Waals surface area contributed by atoms with E-state index in [4.69, 9.17) is 0 Å². The van der Waals surface area contributed by atoms with E-state index in [0.717, 1.165) is 22.8 Å². The fraction of sp³-hybridized carbons (Fsp3) is 0.300. The first-order valence-electron chi connectivity index (χ1n) is 8.65. The molecule has 0 saturated carbocycles. The van der Waals surface area contributed by atoms with Gasteiger partial charge >= 0.3 is 0 Å². The van der Waals surface area contributed by atoms with Crippen LogP contribution in [0.5, 0.6) is 0 Å². The SMILES string of the molecule is CC(=O)c1c(C)[nH]c(C(=O)CSc2nnc(C)n2-c2ccccc2C)c1C. The molecule has 2 heterocycles. The number of benzene rings is 1. The van der Waals surface area contributed by atoms with Crippen LogP contribution in [0.2, 0.25) is 0 Å². The maximum atomic E-state index is 12.7. The first kappa shape index (κ1) is 19.1. The molecule has 0 bridgehead atoms. The van der Waals surface area contributed by atoms with Gasteiger partial charge in [-0.3, -0.25) is 14.2 Å². The van der Waals surface area contributed by atoms with Crippen LogP contribution in [0.25, 0.3) is 5.69 Å². The number of aromatic nitrogens is 4. The standard InChI is InChI=1S/C20H22N4O2S/c1-11-8-6-7-9-16(11)24-15(5)22-23-20(24)27-10-17(26)19-12(2)18(14(4)25)13(3)21-19/h6-9,21H,10H2,1-5H3. The Morgan fingerprint density at radius 1 is 1.11 bits per heavy atom. The molecule has 0 fully saturated rings. The number of H-pyrrole nitrogens is 1. The van der Waals surface area contributed by atoms with Crippen molar-refractivity contribution in [3.63, 3.8) is 0 Å². The average Bonchev–Trinajstić information content (AvgIpc) is 3.12. The highest BCUT2D eigenvalue weighted by Crippen LogP contribution is 2.26. The Kier molecular flexibility index (Phi) is 5.32. The van der Waals surface area contributed by atoms with Crippen molar-refractivity contribution < 1.29 is 9.59 Å². The van der Waals surface area contributed by atoms with Crippen molar-refractivity contribution in [2.45, 2.75) is 39.8 Å². The molecule has 0 atom stereocenters. The van der Waals surface area contributed by atoms with Gasteiger partial charge in [0, 0.05) is 11.3 Å². The lowest BCUT2D eigenvalue weighted by Crippen LogP contribution is -2.07. The van der Waals surface area contributed by atoms with Crippen molar-refractivity contribution in [3.8, 4) is 5.69 Å². The van der Waals surface area contributed by atoms with E-state index < -0.39 is 0 Å². The molecule has 0 aliphatic carbocycles. The van der Waals surface area contributed by atoms with Gasteiger partial charge in [-0.2, -0.15) is 0 Å². The van der Waals surface area contributed by atoms with E-state index in [2.05, 4.69) is 15.2 Å². The van der Waals surface area contributed by atoms with Crippen LogP contribution < -0.4 is 0 Å². The second-order valence-corrected chi connectivity index (χ2v) is 7.49. The maximum Gasteiger partial charge on any atom is 0.196 e. The Bertz CT molecular complexity index is 1030. The average molecular weight is 382 g/mol. The minimum absolute atomic E-state index is 0.0390. The number of carbonyl (C=O) groups excluding carboxylic acids is 2. The van der Waals surface area contributed by atoms with Crippen LogP contribution in [0, 0.1) is 27.7 Å². The number of nitrogens with one attached hydrogen (secondary N) is 1. The summed E-state index contributed by atoms with van der Waals surface area (Å²) in [6, 6.07) is 7.99. The molecule has 1 aromatic carbocycles. The Hall–Kier alpha value is -2.67. The van der Waals surface area contributed by atoms with Gasteiger partial charge in [0.05, 0.1) is 17.1 Å². The molecule has 140 valence electrons. The molecular weight excluding hydrogens is 360 g/mol. The highest BCUT2D eigenvalue weighted by molar-refractivity contribution is 7.99. The molecule has 27 heavy (non-hydrogen) atoms. The number of aromatic amines is 1. The maximum absolute atomic E-state index is 12.7. The smallest absolute Gasteiger partial charge is 0.196 e. The van der Waals surface area contributed by atoms with Crippen LogP contribution in [0.1, 0.15) is 50.4 Å². The fourth-order valence-electron chi connectivity index (χ4n) is 3.29. The monoisotopic (exact) mass is 382 g/mol. The summed E-state index contributed by atoms with van der Waals surface area (Å²) in [5.41, 5.74) is 4.64. The quantitative estimate of drug-likeness (QED) is 0.515. The highest BCUT2D eigenvalue weighted by Gasteiger charge is 2.21. The molecule has 0 saturated heterocycles. The third-order valence-corrected chi connectivity index (χ3v) is 5.48. The first-order chi connectivity index (χ1) is 12.8. The highest BCUT2D eigenvalue weighted by atomic mass is 32.2. The summed E-state index contributed by atoms with van der Waals surface area (Å²) < 4.78 is 1.96. The molecule has 0 spiro atoms. The summed E-state index contributed by atoms with van der Waals surface area (Å²) in [5, 5.41) is 9.07. The zero-order chi connectivity index (χ0) is 19.7. The normalized spacial score (nSPS) is 11.0. The Balaban J connectivity index is 1.85. The van der Waals surface area contributed by atoms with Crippen LogP contribution in [0.4, 0.5) is 0 Å². The van der Waals surface area contributed by atoms with Crippen LogP contribution in [-0.4, -0.2) is 37.1 Å². The van der Waals surface area contributed by atoms with E-state index in [1.165, 1.54) is 18.7 Å². The number of carbonyl (C=O) groups is 2. The third kappa shape index (κ3) is 3.60. The minimum Gasteiger partial charge on any atom is -0.355 e. The van der Waals surface area contributed by atoms with Gasteiger partial charge in [0.1, 0.15) is 5.82 Å². The number of hydrogen-bond acceptors (Lipinski definition) is 5.